The zero-order valence-electron chi connectivity index (χ0n) is 15.8. The molecule has 2 N–H and O–H groups in total. The van der Waals surface area contributed by atoms with E-state index in [1.165, 1.54) is 0 Å². The number of hydrogen-bond donors (Lipinski definition) is 2. The molecule has 0 spiro atoms. The molecule has 27 heavy (non-hydrogen) atoms. The Balaban J connectivity index is 1.68. The van der Waals surface area contributed by atoms with Gasteiger partial charge in [0.1, 0.15) is 17.3 Å². The van der Waals surface area contributed by atoms with Crippen molar-refractivity contribution in [1.29, 1.82) is 0 Å². The number of benzene rings is 2. The van der Waals surface area contributed by atoms with Gasteiger partial charge in [-0.25, -0.2) is 4.98 Å². The SMILES string of the molecule is COc1ccccc1CCNc1cc(C)nc(Nc2ccccc2OC)n1. The third-order valence-corrected chi connectivity index (χ3v) is 4.10. The third kappa shape index (κ3) is 4.88. The van der Waals surface area contributed by atoms with Crippen LogP contribution >= 0.6 is 0 Å². The Morgan fingerprint density at radius 1 is 0.889 bits per heavy atom. The van der Waals surface area contributed by atoms with Crippen LogP contribution in [0.25, 0.3) is 0 Å². The molecule has 0 aliphatic rings. The van der Waals surface area contributed by atoms with Crippen LogP contribution in [0.3, 0.4) is 0 Å². The summed E-state index contributed by atoms with van der Waals surface area (Å²) < 4.78 is 10.8. The fraction of sp³-hybridized carbons (Fsp3) is 0.238. The van der Waals surface area contributed by atoms with Crippen LogP contribution in [0.2, 0.25) is 0 Å². The molecule has 0 amide bonds. The molecule has 3 rings (SSSR count). The van der Waals surface area contributed by atoms with E-state index in [9.17, 15) is 0 Å². The number of ether oxygens (including phenoxy) is 2. The molecule has 6 nitrogen and oxygen atoms in total. The zero-order valence-corrected chi connectivity index (χ0v) is 15.8. The molecule has 0 radical (unpaired) electrons. The number of aromatic nitrogens is 2. The molecule has 2 aromatic carbocycles. The van der Waals surface area contributed by atoms with Crippen molar-refractivity contribution in [3.05, 3.63) is 65.9 Å². The second-order valence-electron chi connectivity index (χ2n) is 6.03. The molecule has 0 unspecified atom stereocenters. The normalized spacial score (nSPS) is 10.3. The molecule has 0 bridgehead atoms. The summed E-state index contributed by atoms with van der Waals surface area (Å²) >= 11 is 0. The van der Waals surface area contributed by atoms with E-state index in [0.717, 1.165) is 47.2 Å². The molecule has 0 fully saturated rings. The summed E-state index contributed by atoms with van der Waals surface area (Å²) in [6.45, 7) is 2.69. The van der Waals surface area contributed by atoms with Gasteiger partial charge in [0.25, 0.3) is 0 Å². The molecule has 1 heterocycles. The van der Waals surface area contributed by atoms with Crippen molar-refractivity contribution in [2.75, 3.05) is 31.4 Å². The number of aryl methyl sites for hydroxylation is 1. The predicted molar refractivity (Wildman–Crippen MR) is 108 cm³/mol. The Kier molecular flexibility index (Phi) is 6.10. The summed E-state index contributed by atoms with van der Waals surface area (Å²) in [5, 5.41) is 6.59. The Labute approximate surface area is 159 Å². The number of anilines is 3. The lowest BCUT2D eigenvalue weighted by molar-refractivity contribution is 0.410. The van der Waals surface area contributed by atoms with Crippen LogP contribution in [0.15, 0.2) is 54.6 Å². The van der Waals surface area contributed by atoms with Gasteiger partial charge < -0.3 is 20.1 Å². The molecule has 6 heteroatoms. The quantitative estimate of drug-likeness (QED) is 0.624. The molecule has 0 saturated carbocycles. The van der Waals surface area contributed by atoms with Crippen LogP contribution in [0.5, 0.6) is 11.5 Å². The average molecular weight is 364 g/mol. The fourth-order valence-corrected chi connectivity index (χ4v) is 2.82. The first-order chi connectivity index (χ1) is 13.2. The minimum absolute atomic E-state index is 0.527. The topological polar surface area (TPSA) is 68.3 Å². The monoisotopic (exact) mass is 364 g/mol. The smallest absolute Gasteiger partial charge is 0.229 e. The maximum Gasteiger partial charge on any atom is 0.229 e. The van der Waals surface area contributed by atoms with E-state index >= 15 is 0 Å². The highest BCUT2D eigenvalue weighted by atomic mass is 16.5. The van der Waals surface area contributed by atoms with Gasteiger partial charge in [-0.2, -0.15) is 4.98 Å². The second-order valence-corrected chi connectivity index (χ2v) is 6.03. The molecule has 3 aromatic rings. The van der Waals surface area contributed by atoms with Crippen LogP contribution < -0.4 is 20.1 Å². The van der Waals surface area contributed by atoms with Crippen molar-refractivity contribution in [2.45, 2.75) is 13.3 Å². The molecular formula is C21H24N4O2. The molecule has 1 aromatic heterocycles. The highest BCUT2D eigenvalue weighted by molar-refractivity contribution is 5.63. The van der Waals surface area contributed by atoms with E-state index in [0.29, 0.717) is 5.95 Å². The molecule has 0 aliphatic heterocycles. The first-order valence-electron chi connectivity index (χ1n) is 8.81. The van der Waals surface area contributed by atoms with Gasteiger partial charge in [-0.1, -0.05) is 30.3 Å². The summed E-state index contributed by atoms with van der Waals surface area (Å²) in [6, 6.07) is 17.6. The van der Waals surface area contributed by atoms with Gasteiger partial charge in [-0.3, -0.25) is 0 Å². The number of hydrogen-bond acceptors (Lipinski definition) is 6. The first kappa shape index (κ1) is 18.5. The fourth-order valence-electron chi connectivity index (χ4n) is 2.82. The second kappa shape index (κ2) is 8.89. The Morgan fingerprint density at radius 2 is 1.59 bits per heavy atom. The number of methoxy groups -OCH3 is 2. The lowest BCUT2D eigenvalue weighted by atomic mass is 10.1. The summed E-state index contributed by atoms with van der Waals surface area (Å²) in [5.41, 5.74) is 2.86. The maximum atomic E-state index is 5.40. The van der Waals surface area contributed by atoms with Crippen molar-refractivity contribution in [3.63, 3.8) is 0 Å². The lowest BCUT2D eigenvalue weighted by Gasteiger charge is -2.12. The first-order valence-corrected chi connectivity index (χ1v) is 8.81. The van der Waals surface area contributed by atoms with Crippen molar-refractivity contribution in [2.24, 2.45) is 0 Å². The van der Waals surface area contributed by atoms with Crippen LogP contribution in [-0.2, 0) is 6.42 Å². The molecule has 0 atom stereocenters. The Hall–Kier alpha value is -3.28. The van der Waals surface area contributed by atoms with Crippen LogP contribution in [0.4, 0.5) is 17.5 Å². The summed E-state index contributed by atoms with van der Waals surface area (Å²) in [5.74, 6) is 2.94. The largest absolute Gasteiger partial charge is 0.496 e. The highest BCUT2D eigenvalue weighted by Crippen LogP contribution is 2.26. The van der Waals surface area contributed by atoms with Gasteiger partial charge in [0.2, 0.25) is 5.95 Å². The van der Waals surface area contributed by atoms with Crippen LogP contribution in [0, 0.1) is 6.92 Å². The molecular weight excluding hydrogens is 340 g/mol. The zero-order chi connectivity index (χ0) is 19.1. The minimum Gasteiger partial charge on any atom is -0.496 e. The van der Waals surface area contributed by atoms with E-state index in [4.69, 9.17) is 9.47 Å². The van der Waals surface area contributed by atoms with Gasteiger partial charge in [0.15, 0.2) is 0 Å². The van der Waals surface area contributed by atoms with Gasteiger partial charge >= 0.3 is 0 Å². The Morgan fingerprint density at radius 3 is 2.37 bits per heavy atom. The van der Waals surface area contributed by atoms with E-state index in [2.05, 4.69) is 26.7 Å². The van der Waals surface area contributed by atoms with Crippen LogP contribution in [-0.4, -0.2) is 30.7 Å². The van der Waals surface area contributed by atoms with Crippen molar-refractivity contribution in [1.82, 2.24) is 9.97 Å². The van der Waals surface area contributed by atoms with Crippen molar-refractivity contribution < 1.29 is 9.47 Å². The van der Waals surface area contributed by atoms with E-state index in [1.54, 1.807) is 14.2 Å². The number of rotatable bonds is 8. The predicted octanol–water partition coefficient (Wildman–Crippen LogP) is 4.20. The number of nitrogens with one attached hydrogen (secondary N) is 2. The standard InChI is InChI=1S/C21H24N4O2/c1-15-14-20(22-13-12-16-8-4-6-10-18(16)26-2)25-21(23-15)24-17-9-5-7-11-19(17)27-3/h4-11,14H,12-13H2,1-3H3,(H2,22,23,24,25). The molecule has 0 saturated heterocycles. The van der Waals surface area contributed by atoms with Crippen molar-refractivity contribution in [3.8, 4) is 11.5 Å². The maximum absolute atomic E-state index is 5.40. The molecule has 0 aliphatic carbocycles. The van der Waals surface area contributed by atoms with Crippen LogP contribution in [0.1, 0.15) is 11.3 Å². The molecule has 140 valence electrons. The van der Waals surface area contributed by atoms with Gasteiger partial charge in [0, 0.05) is 18.3 Å². The number of nitrogens with zero attached hydrogens (tertiary/aromatic N) is 2. The summed E-state index contributed by atoms with van der Waals surface area (Å²) in [7, 11) is 3.33. The van der Waals surface area contributed by atoms with Gasteiger partial charge in [0.05, 0.1) is 19.9 Å². The van der Waals surface area contributed by atoms with Gasteiger partial charge in [-0.05, 0) is 37.1 Å². The third-order valence-electron chi connectivity index (χ3n) is 4.10. The highest BCUT2D eigenvalue weighted by Gasteiger charge is 2.07. The van der Waals surface area contributed by atoms with E-state index in [-0.39, 0.29) is 0 Å². The summed E-state index contributed by atoms with van der Waals surface area (Å²) in [4.78, 5) is 9.02. The minimum atomic E-state index is 0.527. The van der Waals surface area contributed by atoms with Crippen molar-refractivity contribution >= 4 is 17.5 Å². The number of para-hydroxylation sites is 3. The summed E-state index contributed by atoms with van der Waals surface area (Å²) in [6.07, 6.45) is 0.836. The lowest BCUT2D eigenvalue weighted by Crippen LogP contribution is -2.09. The van der Waals surface area contributed by atoms with E-state index in [1.807, 2.05) is 55.5 Å². The Bertz CT molecular complexity index is 899. The van der Waals surface area contributed by atoms with Gasteiger partial charge in [-0.15, -0.1) is 0 Å². The van der Waals surface area contributed by atoms with E-state index < -0.39 is 0 Å². The average Bonchev–Trinajstić information content (AvgIpc) is 2.68.